The van der Waals surface area contributed by atoms with Gasteiger partial charge in [0.1, 0.15) is 5.54 Å². The molecule has 0 heterocycles. The molecule has 0 aromatic heterocycles. The SMILES string of the molecule is CCCCOC1CCC(NC(C)C)(C(=O)OC)C1. The summed E-state index contributed by atoms with van der Waals surface area (Å²) < 4.78 is 10.8. The molecule has 0 aromatic rings. The molecule has 1 aliphatic carbocycles. The van der Waals surface area contributed by atoms with Gasteiger partial charge in [0.05, 0.1) is 13.2 Å². The quantitative estimate of drug-likeness (QED) is 0.561. The van der Waals surface area contributed by atoms with Crippen LogP contribution in [0.15, 0.2) is 0 Å². The van der Waals surface area contributed by atoms with Crippen LogP contribution in [-0.2, 0) is 14.3 Å². The van der Waals surface area contributed by atoms with Crippen molar-refractivity contribution in [3.63, 3.8) is 0 Å². The number of rotatable bonds is 7. The van der Waals surface area contributed by atoms with E-state index in [0.29, 0.717) is 0 Å². The normalized spacial score (nSPS) is 27.7. The fourth-order valence-electron chi connectivity index (χ4n) is 2.66. The third kappa shape index (κ3) is 3.95. The van der Waals surface area contributed by atoms with Gasteiger partial charge in [-0.1, -0.05) is 13.3 Å². The molecule has 1 fully saturated rings. The number of nitrogens with one attached hydrogen (secondary N) is 1. The Bertz CT molecular complexity index is 268. The summed E-state index contributed by atoms with van der Waals surface area (Å²) in [6.07, 6.45) is 4.86. The number of methoxy groups -OCH3 is 1. The zero-order chi connectivity index (χ0) is 13.6. The summed E-state index contributed by atoms with van der Waals surface area (Å²) in [6.45, 7) is 7.04. The van der Waals surface area contributed by atoms with Crippen molar-refractivity contribution in [3.8, 4) is 0 Å². The Morgan fingerprint density at radius 3 is 2.78 bits per heavy atom. The Hall–Kier alpha value is -0.610. The largest absolute Gasteiger partial charge is 0.468 e. The minimum Gasteiger partial charge on any atom is -0.468 e. The summed E-state index contributed by atoms with van der Waals surface area (Å²) in [5.74, 6) is -0.155. The first-order valence-corrected chi connectivity index (χ1v) is 7.01. The number of hydrogen-bond acceptors (Lipinski definition) is 4. The average molecular weight is 257 g/mol. The summed E-state index contributed by atoms with van der Waals surface area (Å²) >= 11 is 0. The molecule has 0 amide bonds. The molecular formula is C14H27NO3. The summed E-state index contributed by atoms with van der Waals surface area (Å²) in [6, 6.07) is 0.262. The van der Waals surface area contributed by atoms with Gasteiger partial charge in [-0.2, -0.15) is 0 Å². The summed E-state index contributed by atoms with van der Waals surface area (Å²) in [7, 11) is 1.46. The van der Waals surface area contributed by atoms with E-state index in [1.807, 2.05) is 0 Å². The fourth-order valence-corrected chi connectivity index (χ4v) is 2.66. The van der Waals surface area contributed by atoms with Gasteiger partial charge >= 0.3 is 5.97 Å². The number of unbranched alkanes of at least 4 members (excludes halogenated alkanes) is 1. The fraction of sp³-hybridized carbons (Fsp3) is 0.929. The van der Waals surface area contributed by atoms with Crippen molar-refractivity contribution in [1.82, 2.24) is 5.32 Å². The Morgan fingerprint density at radius 2 is 2.22 bits per heavy atom. The van der Waals surface area contributed by atoms with Crippen molar-refractivity contribution in [2.75, 3.05) is 13.7 Å². The third-order valence-corrected chi connectivity index (χ3v) is 3.46. The second kappa shape index (κ2) is 7.10. The van der Waals surface area contributed by atoms with E-state index in [4.69, 9.17) is 9.47 Å². The molecule has 2 atom stereocenters. The highest BCUT2D eigenvalue weighted by atomic mass is 16.5. The topological polar surface area (TPSA) is 47.6 Å². The zero-order valence-corrected chi connectivity index (χ0v) is 12.1. The Balaban J connectivity index is 2.57. The predicted molar refractivity (Wildman–Crippen MR) is 71.5 cm³/mol. The highest BCUT2D eigenvalue weighted by Crippen LogP contribution is 2.33. The first kappa shape index (κ1) is 15.4. The van der Waals surface area contributed by atoms with Gasteiger partial charge in [0, 0.05) is 19.1 Å². The van der Waals surface area contributed by atoms with Crippen molar-refractivity contribution in [3.05, 3.63) is 0 Å². The van der Waals surface area contributed by atoms with Crippen molar-refractivity contribution < 1.29 is 14.3 Å². The molecule has 4 nitrogen and oxygen atoms in total. The van der Waals surface area contributed by atoms with Crippen LogP contribution in [0.5, 0.6) is 0 Å². The molecule has 1 saturated carbocycles. The van der Waals surface area contributed by atoms with E-state index >= 15 is 0 Å². The Labute approximate surface area is 110 Å². The van der Waals surface area contributed by atoms with Crippen LogP contribution >= 0.6 is 0 Å². The first-order chi connectivity index (χ1) is 8.54. The molecule has 0 spiro atoms. The Kier molecular flexibility index (Phi) is 6.09. The predicted octanol–water partition coefficient (Wildman–Crippen LogP) is 2.27. The van der Waals surface area contributed by atoms with E-state index < -0.39 is 5.54 Å². The second-order valence-corrected chi connectivity index (χ2v) is 5.46. The maximum absolute atomic E-state index is 12.0. The maximum Gasteiger partial charge on any atom is 0.326 e. The van der Waals surface area contributed by atoms with Crippen LogP contribution in [-0.4, -0.2) is 37.4 Å². The molecule has 0 aromatic carbocycles. The van der Waals surface area contributed by atoms with Gasteiger partial charge in [-0.25, -0.2) is 0 Å². The van der Waals surface area contributed by atoms with E-state index in [1.54, 1.807) is 0 Å². The van der Waals surface area contributed by atoms with Gasteiger partial charge in [-0.3, -0.25) is 10.1 Å². The molecule has 1 rings (SSSR count). The first-order valence-electron chi connectivity index (χ1n) is 7.01. The van der Waals surface area contributed by atoms with Gasteiger partial charge in [-0.05, 0) is 33.1 Å². The standard InChI is InChI=1S/C14H27NO3/c1-5-6-9-18-12-7-8-14(10-12,13(16)17-4)15-11(2)3/h11-12,15H,5-10H2,1-4H3. The van der Waals surface area contributed by atoms with E-state index in [9.17, 15) is 4.79 Å². The van der Waals surface area contributed by atoms with Crippen LogP contribution in [0.2, 0.25) is 0 Å². The van der Waals surface area contributed by atoms with Crippen LogP contribution in [0.25, 0.3) is 0 Å². The molecule has 18 heavy (non-hydrogen) atoms. The van der Waals surface area contributed by atoms with Crippen LogP contribution in [0.1, 0.15) is 52.9 Å². The lowest BCUT2D eigenvalue weighted by molar-refractivity contribution is -0.149. The molecule has 106 valence electrons. The zero-order valence-electron chi connectivity index (χ0n) is 12.1. The van der Waals surface area contributed by atoms with Gasteiger partial charge in [0.15, 0.2) is 0 Å². The minimum atomic E-state index is -0.542. The number of esters is 1. The lowest BCUT2D eigenvalue weighted by Crippen LogP contribution is -2.53. The average Bonchev–Trinajstić information content (AvgIpc) is 2.72. The monoisotopic (exact) mass is 257 g/mol. The van der Waals surface area contributed by atoms with Crippen molar-refractivity contribution in [2.45, 2.75) is 70.6 Å². The van der Waals surface area contributed by atoms with Crippen LogP contribution < -0.4 is 5.32 Å². The number of carbonyl (C=O) groups is 1. The van der Waals surface area contributed by atoms with Crippen molar-refractivity contribution in [2.24, 2.45) is 0 Å². The van der Waals surface area contributed by atoms with E-state index in [2.05, 4.69) is 26.1 Å². The number of carbonyl (C=O) groups excluding carboxylic acids is 1. The van der Waals surface area contributed by atoms with Gasteiger partial charge in [-0.15, -0.1) is 0 Å². The van der Waals surface area contributed by atoms with E-state index in [1.165, 1.54) is 7.11 Å². The highest BCUT2D eigenvalue weighted by molar-refractivity contribution is 5.81. The lowest BCUT2D eigenvalue weighted by atomic mass is 9.96. The van der Waals surface area contributed by atoms with Crippen molar-refractivity contribution >= 4 is 5.97 Å². The Morgan fingerprint density at radius 1 is 1.50 bits per heavy atom. The smallest absolute Gasteiger partial charge is 0.326 e. The third-order valence-electron chi connectivity index (χ3n) is 3.46. The van der Waals surface area contributed by atoms with Crippen LogP contribution in [0.4, 0.5) is 0 Å². The molecular weight excluding hydrogens is 230 g/mol. The van der Waals surface area contributed by atoms with Gasteiger partial charge in [0.25, 0.3) is 0 Å². The van der Waals surface area contributed by atoms with E-state index in [0.717, 1.165) is 38.7 Å². The molecule has 1 aliphatic rings. The summed E-state index contributed by atoms with van der Waals surface area (Å²) in [5, 5.41) is 3.37. The summed E-state index contributed by atoms with van der Waals surface area (Å²) in [5.41, 5.74) is -0.542. The van der Waals surface area contributed by atoms with Gasteiger partial charge < -0.3 is 9.47 Å². The molecule has 2 unspecified atom stereocenters. The number of hydrogen-bond donors (Lipinski definition) is 1. The molecule has 0 bridgehead atoms. The molecule has 0 saturated heterocycles. The molecule has 0 radical (unpaired) electrons. The molecule has 4 heteroatoms. The molecule has 0 aliphatic heterocycles. The second-order valence-electron chi connectivity index (χ2n) is 5.46. The van der Waals surface area contributed by atoms with E-state index in [-0.39, 0.29) is 18.1 Å². The lowest BCUT2D eigenvalue weighted by Gasteiger charge is -2.30. The summed E-state index contributed by atoms with van der Waals surface area (Å²) in [4.78, 5) is 12.0. The van der Waals surface area contributed by atoms with Crippen LogP contribution in [0, 0.1) is 0 Å². The maximum atomic E-state index is 12.0. The van der Waals surface area contributed by atoms with Crippen LogP contribution in [0.3, 0.4) is 0 Å². The number of ether oxygens (including phenoxy) is 2. The highest BCUT2D eigenvalue weighted by Gasteiger charge is 2.46. The molecule has 1 N–H and O–H groups in total. The minimum absolute atomic E-state index is 0.155. The van der Waals surface area contributed by atoms with Crippen molar-refractivity contribution in [1.29, 1.82) is 0 Å². The van der Waals surface area contributed by atoms with Gasteiger partial charge in [0.2, 0.25) is 0 Å².